The summed E-state index contributed by atoms with van der Waals surface area (Å²) < 4.78 is 6.29. The van der Waals surface area contributed by atoms with Crippen molar-refractivity contribution in [3.63, 3.8) is 0 Å². The van der Waals surface area contributed by atoms with Crippen molar-refractivity contribution in [3.05, 3.63) is 55.0 Å². The first-order valence-corrected chi connectivity index (χ1v) is 14.7. The molecule has 0 bridgehead atoms. The van der Waals surface area contributed by atoms with Gasteiger partial charge >= 0.3 is 5.97 Å². The number of nitrogens with two attached hydrogens (primary N) is 1. The Morgan fingerprint density at radius 1 is 1.12 bits per heavy atom. The number of carbonyl (C=O) groups is 1. The van der Waals surface area contributed by atoms with Gasteiger partial charge in [-0.2, -0.15) is 0 Å². The standard InChI is InChI=1S/C31H39N7O3/c1-21-15-25(5-11-32)38(20-21)30-34-18-23(19-35-30)22-6-12-33-28(16-22)36-24-3-2-4-27(17-24)41-26-7-13-37(14-8-26)31(9-10-31)29(39)40/h2-4,6,12,16-19,21,25-26H,5,7-11,13-15,20,32H2,1H3,(H,33,36)(H,39,40). The fraction of sp³-hybridized carbons (Fsp3) is 0.484. The number of nitrogens with one attached hydrogen (secondary N) is 1. The van der Waals surface area contributed by atoms with Crippen molar-refractivity contribution in [1.82, 2.24) is 19.9 Å². The Kier molecular flexibility index (Phi) is 7.77. The first kappa shape index (κ1) is 27.4. The molecule has 216 valence electrons. The first-order chi connectivity index (χ1) is 19.9. The summed E-state index contributed by atoms with van der Waals surface area (Å²) in [6, 6.07) is 12.2. The number of pyridine rings is 1. The Morgan fingerprint density at radius 3 is 2.61 bits per heavy atom. The molecule has 1 aromatic carbocycles. The molecule has 4 N–H and O–H groups in total. The van der Waals surface area contributed by atoms with Crippen molar-refractivity contribution in [2.75, 3.05) is 36.4 Å². The van der Waals surface area contributed by atoms with Crippen LogP contribution < -0.4 is 20.7 Å². The maximum atomic E-state index is 11.7. The van der Waals surface area contributed by atoms with Crippen LogP contribution in [0, 0.1) is 5.92 Å². The maximum Gasteiger partial charge on any atom is 0.324 e. The third kappa shape index (κ3) is 5.99. The topological polar surface area (TPSA) is 130 Å². The number of benzene rings is 1. The number of hydrogen-bond acceptors (Lipinski definition) is 9. The van der Waals surface area contributed by atoms with Crippen LogP contribution in [0.4, 0.5) is 17.5 Å². The second-order valence-electron chi connectivity index (χ2n) is 11.7. The lowest BCUT2D eigenvalue weighted by atomic mass is 10.0. The number of rotatable bonds is 10. The Bertz CT molecular complexity index is 1360. The summed E-state index contributed by atoms with van der Waals surface area (Å²) in [5.74, 6) is 2.19. The van der Waals surface area contributed by atoms with E-state index in [4.69, 9.17) is 20.4 Å². The largest absolute Gasteiger partial charge is 0.490 e. The lowest BCUT2D eigenvalue weighted by Gasteiger charge is -2.36. The molecule has 4 heterocycles. The van der Waals surface area contributed by atoms with Gasteiger partial charge in [0.25, 0.3) is 0 Å². The maximum absolute atomic E-state index is 11.7. The van der Waals surface area contributed by atoms with Crippen molar-refractivity contribution >= 4 is 23.4 Å². The van der Waals surface area contributed by atoms with Gasteiger partial charge in [0.15, 0.2) is 0 Å². The van der Waals surface area contributed by atoms with Crippen LogP contribution in [0.25, 0.3) is 11.1 Å². The van der Waals surface area contributed by atoms with E-state index in [2.05, 4.69) is 27.0 Å². The molecular formula is C31H39N7O3. The van der Waals surface area contributed by atoms with Crippen LogP contribution in [0.15, 0.2) is 55.0 Å². The summed E-state index contributed by atoms with van der Waals surface area (Å²) in [5.41, 5.74) is 8.01. The normalized spacial score (nSPS) is 22.4. The van der Waals surface area contributed by atoms with Gasteiger partial charge in [-0.3, -0.25) is 9.69 Å². The lowest BCUT2D eigenvalue weighted by Crippen LogP contribution is -2.49. The van der Waals surface area contributed by atoms with Crippen LogP contribution in [-0.2, 0) is 4.79 Å². The van der Waals surface area contributed by atoms with E-state index in [-0.39, 0.29) is 6.10 Å². The molecule has 10 nitrogen and oxygen atoms in total. The van der Waals surface area contributed by atoms with Gasteiger partial charge in [0.1, 0.15) is 23.2 Å². The molecule has 0 amide bonds. The van der Waals surface area contributed by atoms with Gasteiger partial charge in [0.2, 0.25) is 5.95 Å². The van der Waals surface area contributed by atoms with Gasteiger partial charge in [-0.05, 0) is 80.8 Å². The van der Waals surface area contributed by atoms with E-state index in [9.17, 15) is 9.90 Å². The Morgan fingerprint density at radius 2 is 1.90 bits per heavy atom. The molecule has 3 aromatic rings. The Hall–Kier alpha value is -3.76. The van der Waals surface area contributed by atoms with E-state index < -0.39 is 11.5 Å². The van der Waals surface area contributed by atoms with Crippen LogP contribution in [0.5, 0.6) is 5.75 Å². The third-order valence-electron chi connectivity index (χ3n) is 8.69. The predicted molar refractivity (Wildman–Crippen MR) is 158 cm³/mol. The van der Waals surface area contributed by atoms with Crippen LogP contribution in [0.3, 0.4) is 0 Å². The lowest BCUT2D eigenvalue weighted by molar-refractivity contribution is -0.146. The minimum absolute atomic E-state index is 0.0740. The van der Waals surface area contributed by atoms with Crippen LogP contribution in [0.2, 0.25) is 0 Å². The monoisotopic (exact) mass is 557 g/mol. The van der Waals surface area contributed by atoms with Crippen molar-refractivity contribution in [1.29, 1.82) is 0 Å². The first-order valence-electron chi connectivity index (χ1n) is 14.7. The molecule has 1 aliphatic carbocycles. The summed E-state index contributed by atoms with van der Waals surface area (Å²) in [6.45, 7) is 5.40. The van der Waals surface area contributed by atoms with Crippen LogP contribution in [-0.4, -0.2) is 74.8 Å². The van der Waals surface area contributed by atoms with E-state index in [1.165, 1.54) is 0 Å². The van der Waals surface area contributed by atoms with E-state index in [0.717, 1.165) is 92.5 Å². The number of nitrogens with zero attached hydrogens (tertiary/aromatic N) is 5. The van der Waals surface area contributed by atoms with E-state index >= 15 is 0 Å². The number of piperidine rings is 1. The second-order valence-corrected chi connectivity index (χ2v) is 11.7. The van der Waals surface area contributed by atoms with Crippen molar-refractivity contribution < 1.29 is 14.6 Å². The summed E-state index contributed by atoms with van der Waals surface area (Å²) in [5, 5.41) is 13.0. The fourth-order valence-corrected chi connectivity index (χ4v) is 6.33. The molecule has 1 saturated carbocycles. The minimum atomic E-state index is -0.689. The number of aromatic nitrogens is 3. The van der Waals surface area contributed by atoms with Crippen molar-refractivity contribution in [2.24, 2.45) is 11.7 Å². The average molecular weight is 558 g/mol. The average Bonchev–Trinajstić information content (AvgIpc) is 3.72. The third-order valence-corrected chi connectivity index (χ3v) is 8.69. The fourth-order valence-electron chi connectivity index (χ4n) is 6.33. The molecule has 6 rings (SSSR count). The SMILES string of the molecule is CC1CC(CCN)N(c2ncc(-c3ccnc(Nc4cccc(OC5CCN(C6(C(=O)O)CC6)CC5)c4)c3)cn2)C1. The number of aliphatic carboxylic acids is 1. The highest BCUT2D eigenvalue weighted by Gasteiger charge is 2.55. The summed E-state index contributed by atoms with van der Waals surface area (Å²) in [7, 11) is 0. The van der Waals surface area contributed by atoms with Gasteiger partial charge in [-0.1, -0.05) is 13.0 Å². The number of hydrogen-bond donors (Lipinski definition) is 3. The molecule has 2 saturated heterocycles. The Balaban J connectivity index is 1.07. The van der Waals surface area contributed by atoms with Crippen LogP contribution in [0.1, 0.15) is 45.4 Å². The minimum Gasteiger partial charge on any atom is -0.490 e. The van der Waals surface area contributed by atoms with Gasteiger partial charge < -0.3 is 25.8 Å². The van der Waals surface area contributed by atoms with Crippen molar-refractivity contribution in [3.8, 4) is 16.9 Å². The molecule has 3 fully saturated rings. The molecule has 41 heavy (non-hydrogen) atoms. The number of ether oxygens (including phenoxy) is 1. The highest BCUT2D eigenvalue weighted by Crippen LogP contribution is 2.43. The molecule has 3 aliphatic rings. The quantitative estimate of drug-likeness (QED) is 0.332. The molecule has 0 radical (unpaired) electrons. The van der Waals surface area contributed by atoms with E-state index in [1.807, 2.05) is 48.8 Å². The zero-order valence-electron chi connectivity index (χ0n) is 23.6. The molecular weight excluding hydrogens is 518 g/mol. The highest BCUT2D eigenvalue weighted by atomic mass is 16.5. The molecule has 2 aliphatic heterocycles. The van der Waals surface area contributed by atoms with Gasteiger partial charge in [-0.15, -0.1) is 0 Å². The smallest absolute Gasteiger partial charge is 0.324 e. The van der Waals surface area contributed by atoms with Gasteiger partial charge in [0.05, 0.1) is 0 Å². The second kappa shape index (κ2) is 11.6. The summed E-state index contributed by atoms with van der Waals surface area (Å²) in [6.07, 6.45) is 10.8. The summed E-state index contributed by atoms with van der Waals surface area (Å²) in [4.78, 5) is 30.0. The molecule has 2 atom stereocenters. The number of likely N-dealkylation sites (tertiary alicyclic amines) is 1. The van der Waals surface area contributed by atoms with Gasteiger partial charge in [0, 0.05) is 61.6 Å². The zero-order chi connectivity index (χ0) is 28.4. The number of carboxylic acids is 1. The molecule has 0 spiro atoms. The molecule has 2 aromatic heterocycles. The molecule has 10 heteroatoms. The zero-order valence-corrected chi connectivity index (χ0v) is 23.6. The molecule has 2 unspecified atom stereocenters. The predicted octanol–water partition coefficient (Wildman–Crippen LogP) is 4.31. The highest BCUT2D eigenvalue weighted by molar-refractivity contribution is 5.82. The summed E-state index contributed by atoms with van der Waals surface area (Å²) >= 11 is 0. The number of carboxylic acid groups (broad SMARTS) is 1. The van der Waals surface area contributed by atoms with E-state index in [0.29, 0.717) is 18.5 Å². The van der Waals surface area contributed by atoms with E-state index in [1.54, 1.807) is 6.20 Å². The van der Waals surface area contributed by atoms with Crippen molar-refractivity contribution in [2.45, 2.75) is 63.1 Å². The van der Waals surface area contributed by atoms with Gasteiger partial charge in [-0.25, -0.2) is 15.0 Å². The number of anilines is 3. The van der Waals surface area contributed by atoms with Crippen LogP contribution >= 0.6 is 0 Å². The Labute approximate surface area is 241 Å².